The van der Waals surface area contributed by atoms with Crippen LogP contribution in [-0.4, -0.2) is 31.4 Å². The largest absolute Gasteiger partial charge is 0.378 e. The van der Waals surface area contributed by atoms with E-state index in [0.29, 0.717) is 5.56 Å². The van der Waals surface area contributed by atoms with Crippen molar-refractivity contribution in [3.8, 4) is 0 Å². The van der Waals surface area contributed by atoms with Crippen molar-refractivity contribution in [2.75, 3.05) is 19.0 Å². The van der Waals surface area contributed by atoms with Crippen molar-refractivity contribution in [2.24, 2.45) is 10.2 Å². The van der Waals surface area contributed by atoms with E-state index in [2.05, 4.69) is 10.2 Å². The monoisotopic (exact) mass is 296 g/mol. The van der Waals surface area contributed by atoms with E-state index in [-0.39, 0.29) is 5.69 Å². The number of nitro benzene ring substituents is 1. The molecular formula is C16H16N4O2. The fourth-order valence-electron chi connectivity index (χ4n) is 1.82. The fraction of sp³-hybridized carbons (Fsp3) is 0.125. The van der Waals surface area contributed by atoms with Crippen LogP contribution >= 0.6 is 0 Å². The SMILES string of the molecule is CN(C)c1ccc(/C=N/N=C/c2ccccc2[N+](=O)[O-])cc1. The maximum atomic E-state index is 10.9. The third kappa shape index (κ3) is 3.99. The molecule has 2 rings (SSSR count). The summed E-state index contributed by atoms with van der Waals surface area (Å²) in [5, 5.41) is 18.7. The molecule has 0 saturated heterocycles. The van der Waals surface area contributed by atoms with E-state index in [1.165, 1.54) is 12.3 Å². The van der Waals surface area contributed by atoms with Gasteiger partial charge in [-0.05, 0) is 23.8 Å². The van der Waals surface area contributed by atoms with Crippen LogP contribution in [0, 0.1) is 10.1 Å². The van der Waals surface area contributed by atoms with Crippen LogP contribution in [-0.2, 0) is 0 Å². The summed E-state index contributed by atoms with van der Waals surface area (Å²) in [6.07, 6.45) is 2.98. The van der Waals surface area contributed by atoms with Crippen LogP contribution in [0.1, 0.15) is 11.1 Å². The van der Waals surface area contributed by atoms with Gasteiger partial charge in [-0.1, -0.05) is 24.3 Å². The van der Waals surface area contributed by atoms with Gasteiger partial charge in [0.15, 0.2) is 0 Å². The Kier molecular flexibility index (Phi) is 4.98. The summed E-state index contributed by atoms with van der Waals surface area (Å²) >= 11 is 0. The molecule has 0 unspecified atom stereocenters. The second-order valence-corrected chi connectivity index (χ2v) is 4.79. The zero-order valence-corrected chi connectivity index (χ0v) is 12.4. The van der Waals surface area contributed by atoms with Crippen LogP contribution in [0.5, 0.6) is 0 Å². The minimum absolute atomic E-state index is 0.0109. The smallest absolute Gasteiger partial charge is 0.278 e. The molecule has 0 heterocycles. The molecule has 0 aromatic heterocycles. The summed E-state index contributed by atoms with van der Waals surface area (Å²) in [5.74, 6) is 0. The van der Waals surface area contributed by atoms with Crippen molar-refractivity contribution in [3.05, 3.63) is 69.8 Å². The lowest BCUT2D eigenvalue weighted by atomic mass is 10.2. The Balaban J connectivity index is 2.07. The lowest BCUT2D eigenvalue weighted by Gasteiger charge is -2.11. The number of nitrogens with zero attached hydrogens (tertiary/aromatic N) is 4. The zero-order chi connectivity index (χ0) is 15.9. The van der Waals surface area contributed by atoms with Crippen LogP contribution in [0.15, 0.2) is 58.7 Å². The molecule has 112 valence electrons. The Bertz CT molecular complexity index is 706. The number of nitro groups is 1. The van der Waals surface area contributed by atoms with E-state index < -0.39 is 4.92 Å². The predicted molar refractivity (Wildman–Crippen MR) is 89.1 cm³/mol. The van der Waals surface area contributed by atoms with Gasteiger partial charge in [-0.15, -0.1) is 0 Å². The van der Waals surface area contributed by atoms with Crippen LogP contribution in [0.2, 0.25) is 0 Å². The van der Waals surface area contributed by atoms with Crippen LogP contribution in [0.3, 0.4) is 0 Å². The van der Waals surface area contributed by atoms with Gasteiger partial charge in [-0.3, -0.25) is 10.1 Å². The van der Waals surface area contributed by atoms with E-state index in [1.807, 2.05) is 43.3 Å². The minimum atomic E-state index is -0.439. The molecule has 0 atom stereocenters. The Morgan fingerprint density at radius 2 is 1.64 bits per heavy atom. The first-order chi connectivity index (χ1) is 10.6. The third-order valence-electron chi connectivity index (χ3n) is 3.01. The van der Waals surface area contributed by atoms with Gasteiger partial charge in [-0.2, -0.15) is 10.2 Å². The highest BCUT2D eigenvalue weighted by Gasteiger charge is 2.09. The Morgan fingerprint density at radius 1 is 1.00 bits per heavy atom. The zero-order valence-electron chi connectivity index (χ0n) is 12.4. The van der Waals surface area contributed by atoms with Crippen molar-refractivity contribution in [1.82, 2.24) is 0 Å². The summed E-state index contributed by atoms with van der Waals surface area (Å²) in [7, 11) is 3.94. The summed E-state index contributed by atoms with van der Waals surface area (Å²) in [6, 6.07) is 14.2. The fourth-order valence-corrected chi connectivity index (χ4v) is 1.82. The molecule has 0 fully saturated rings. The summed E-state index contributed by atoms with van der Waals surface area (Å²) in [5.41, 5.74) is 2.44. The lowest BCUT2D eigenvalue weighted by Crippen LogP contribution is -2.08. The van der Waals surface area contributed by atoms with Gasteiger partial charge in [0.25, 0.3) is 5.69 Å². The molecule has 0 N–H and O–H groups in total. The molecule has 0 aliphatic carbocycles. The van der Waals surface area contributed by atoms with E-state index >= 15 is 0 Å². The second-order valence-electron chi connectivity index (χ2n) is 4.79. The van der Waals surface area contributed by atoms with Gasteiger partial charge in [0, 0.05) is 25.8 Å². The van der Waals surface area contributed by atoms with E-state index in [9.17, 15) is 10.1 Å². The Hall–Kier alpha value is -3.02. The average Bonchev–Trinajstić information content (AvgIpc) is 2.52. The molecule has 0 aliphatic rings. The summed E-state index contributed by atoms with van der Waals surface area (Å²) in [4.78, 5) is 12.4. The molecule has 0 aliphatic heterocycles. The molecule has 6 nitrogen and oxygen atoms in total. The van der Waals surface area contributed by atoms with Gasteiger partial charge in [0.1, 0.15) is 0 Å². The third-order valence-corrected chi connectivity index (χ3v) is 3.01. The van der Waals surface area contributed by atoms with Crippen molar-refractivity contribution < 1.29 is 4.92 Å². The number of hydrogen-bond acceptors (Lipinski definition) is 5. The van der Waals surface area contributed by atoms with Gasteiger partial charge in [0.05, 0.1) is 22.9 Å². The van der Waals surface area contributed by atoms with Gasteiger partial charge >= 0.3 is 0 Å². The molecular weight excluding hydrogens is 280 g/mol. The van der Waals surface area contributed by atoms with E-state index in [4.69, 9.17) is 0 Å². The Morgan fingerprint density at radius 3 is 2.27 bits per heavy atom. The first-order valence-corrected chi connectivity index (χ1v) is 6.65. The molecule has 0 saturated carbocycles. The molecule has 0 amide bonds. The molecule has 0 radical (unpaired) electrons. The molecule has 22 heavy (non-hydrogen) atoms. The highest BCUT2D eigenvalue weighted by molar-refractivity contribution is 5.86. The van der Waals surface area contributed by atoms with E-state index in [1.54, 1.807) is 24.4 Å². The maximum absolute atomic E-state index is 10.9. The topological polar surface area (TPSA) is 71.1 Å². The maximum Gasteiger partial charge on any atom is 0.278 e. The number of para-hydroxylation sites is 1. The van der Waals surface area contributed by atoms with Gasteiger partial charge < -0.3 is 4.90 Å². The normalized spacial score (nSPS) is 11.2. The number of benzene rings is 2. The van der Waals surface area contributed by atoms with Crippen molar-refractivity contribution in [3.63, 3.8) is 0 Å². The number of hydrogen-bond donors (Lipinski definition) is 0. The van der Waals surface area contributed by atoms with E-state index in [0.717, 1.165) is 11.3 Å². The first kappa shape index (κ1) is 15.4. The number of rotatable bonds is 5. The van der Waals surface area contributed by atoms with Crippen molar-refractivity contribution in [2.45, 2.75) is 0 Å². The lowest BCUT2D eigenvalue weighted by molar-refractivity contribution is -0.385. The minimum Gasteiger partial charge on any atom is -0.378 e. The van der Waals surface area contributed by atoms with Crippen LogP contribution < -0.4 is 4.90 Å². The molecule has 6 heteroatoms. The standard InChI is InChI=1S/C16H16N4O2/c1-19(2)15-9-7-13(8-10-15)11-17-18-12-14-5-3-4-6-16(14)20(21)22/h3-12H,1-2H3/b17-11+,18-12+. The quantitative estimate of drug-likeness (QED) is 0.483. The Labute approximate surface area is 128 Å². The van der Waals surface area contributed by atoms with Crippen molar-refractivity contribution >= 4 is 23.8 Å². The summed E-state index contributed by atoms with van der Waals surface area (Å²) in [6.45, 7) is 0. The van der Waals surface area contributed by atoms with Gasteiger partial charge in [-0.25, -0.2) is 0 Å². The highest BCUT2D eigenvalue weighted by Crippen LogP contribution is 2.15. The molecule has 0 spiro atoms. The molecule has 2 aromatic rings. The molecule has 0 bridgehead atoms. The van der Waals surface area contributed by atoms with Crippen LogP contribution in [0.25, 0.3) is 0 Å². The second kappa shape index (κ2) is 7.12. The molecule has 2 aromatic carbocycles. The summed E-state index contributed by atoms with van der Waals surface area (Å²) < 4.78 is 0. The highest BCUT2D eigenvalue weighted by atomic mass is 16.6. The predicted octanol–water partition coefficient (Wildman–Crippen LogP) is 3.11. The average molecular weight is 296 g/mol. The van der Waals surface area contributed by atoms with Crippen molar-refractivity contribution in [1.29, 1.82) is 0 Å². The van der Waals surface area contributed by atoms with Crippen LogP contribution in [0.4, 0.5) is 11.4 Å². The van der Waals surface area contributed by atoms with Gasteiger partial charge in [0.2, 0.25) is 0 Å². The first-order valence-electron chi connectivity index (χ1n) is 6.65. The number of anilines is 1.